The number of likely N-dealkylation sites (tertiary alicyclic amines) is 1. The van der Waals surface area contributed by atoms with E-state index in [2.05, 4.69) is 5.32 Å². The molecule has 1 unspecified atom stereocenters. The summed E-state index contributed by atoms with van der Waals surface area (Å²) in [6.45, 7) is 0.911. The van der Waals surface area contributed by atoms with Gasteiger partial charge in [-0.15, -0.1) is 0 Å². The first-order valence-electron chi connectivity index (χ1n) is 7.60. The fraction of sp³-hybridized carbons (Fsp3) is 0.294. The SMILES string of the molecule is O=C1NC2(CCCN(C(=O)c3ccco3)C2)Oc2ccccc21. The third-order valence-corrected chi connectivity index (χ3v) is 4.25. The molecule has 0 radical (unpaired) electrons. The van der Waals surface area contributed by atoms with Gasteiger partial charge in [-0.25, -0.2) is 0 Å². The van der Waals surface area contributed by atoms with Gasteiger partial charge in [-0.2, -0.15) is 0 Å². The van der Waals surface area contributed by atoms with Crippen LogP contribution in [0.2, 0.25) is 0 Å². The molecule has 1 fully saturated rings. The highest BCUT2D eigenvalue weighted by Crippen LogP contribution is 2.32. The number of furan rings is 1. The maximum absolute atomic E-state index is 12.5. The lowest BCUT2D eigenvalue weighted by Gasteiger charge is -2.45. The molecule has 118 valence electrons. The van der Waals surface area contributed by atoms with Crippen molar-refractivity contribution in [2.75, 3.05) is 13.1 Å². The van der Waals surface area contributed by atoms with E-state index in [9.17, 15) is 9.59 Å². The molecule has 4 rings (SSSR count). The Morgan fingerprint density at radius 1 is 1.22 bits per heavy atom. The van der Waals surface area contributed by atoms with Crippen molar-refractivity contribution in [3.63, 3.8) is 0 Å². The van der Waals surface area contributed by atoms with Crippen molar-refractivity contribution in [2.45, 2.75) is 18.6 Å². The zero-order chi connectivity index (χ0) is 15.9. The van der Waals surface area contributed by atoms with Gasteiger partial charge in [-0.3, -0.25) is 9.59 Å². The first-order chi connectivity index (χ1) is 11.2. The summed E-state index contributed by atoms with van der Waals surface area (Å²) in [5.41, 5.74) is -0.348. The second-order valence-corrected chi connectivity index (χ2v) is 5.85. The Bertz CT molecular complexity index is 756. The van der Waals surface area contributed by atoms with Crippen molar-refractivity contribution in [3.8, 4) is 5.75 Å². The fourth-order valence-electron chi connectivity index (χ4n) is 3.19. The Labute approximate surface area is 133 Å². The van der Waals surface area contributed by atoms with Gasteiger partial charge in [0.25, 0.3) is 11.8 Å². The van der Waals surface area contributed by atoms with Crippen LogP contribution in [-0.4, -0.2) is 35.5 Å². The monoisotopic (exact) mass is 312 g/mol. The average Bonchev–Trinajstić information content (AvgIpc) is 3.08. The highest BCUT2D eigenvalue weighted by Gasteiger charge is 2.44. The highest BCUT2D eigenvalue weighted by atomic mass is 16.5. The number of rotatable bonds is 1. The summed E-state index contributed by atoms with van der Waals surface area (Å²) in [7, 11) is 0. The third-order valence-electron chi connectivity index (χ3n) is 4.25. The van der Waals surface area contributed by atoms with Crippen molar-refractivity contribution < 1.29 is 18.7 Å². The molecule has 1 saturated heterocycles. The van der Waals surface area contributed by atoms with E-state index in [1.165, 1.54) is 6.26 Å². The van der Waals surface area contributed by atoms with E-state index in [0.29, 0.717) is 36.6 Å². The summed E-state index contributed by atoms with van der Waals surface area (Å²) in [5, 5.41) is 2.93. The minimum absolute atomic E-state index is 0.167. The van der Waals surface area contributed by atoms with E-state index in [1.54, 1.807) is 35.2 Å². The largest absolute Gasteiger partial charge is 0.465 e. The molecule has 0 saturated carbocycles. The van der Waals surface area contributed by atoms with Gasteiger partial charge >= 0.3 is 0 Å². The second kappa shape index (κ2) is 5.15. The Kier molecular flexibility index (Phi) is 3.11. The van der Waals surface area contributed by atoms with Gasteiger partial charge in [-0.1, -0.05) is 12.1 Å². The number of nitrogens with zero attached hydrogens (tertiary/aromatic N) is 1. The first-order valence-corrected chi connectivity index (χ1v) is 7.60. The van der Waals surface area contributed by atoms with Crippen LogP contribution in [-0.2, 0) is 0 Å². The zero-order valence-corrected chi connectivity index (χ0v) is 12.5. The number of para-hydroxylation sites is 1. The molecule has 6 nitrogen and oxygen atoms in total. The Balaban J connectivity index is 1.60. The van der Waals surface area contributed by atoms with Crippen molar-refractivity contribution >= 4 is 11.8 Å². The standard InChI is InChI=1S/C17H16N2O4/c20-15-12-5-1-2-6-13(12)23-17(18-15)8-4-9-19(11-17)16(21)14-7-3-10-22-14/h1-3,5-7,10H,4,8-9,11H2,(H,18,20). The van der Waals surface area contributed by atoms with Gasteiger partial charge in [0.15, 0.2) is 5.76 Å². The minimum atomic E-state index is -0.869. The summed E-state index contributed by atoms with van der Waals surface area (Å²) in [4.78, 5) is 26.5. The van der Waals surface area contributed by atoms with Gasteiger partial charge < -0.3 is 19.4 Å². The number of ether oxygens (including phenoxy) is 1. The van der Waals surface area contributed by atoms with E-state index in [-0.39, 0.29) is 11.8 Å². The number of fused-ring (bicyclic) bond motifs is 1. The molecule has 1 N–H and O–H groups in total. The fourth-order valence-corrected chi connectivity index (χ4v) is 3.19. The summed E-state index contributed by atoms with van der Waals surface area (Å²) in [6.07, 6.45) is 2.88. The topological polar surface area (TPSA) is 71.8 Å². The van der Waals surface area contributed by atoms with Gasteiger partial charge in [0.1, 0.15) is 5.75 Å². The molecule has 0 bridgehead atoms. The van der Waals surface area contributed by atoms with Crippen LogP contribution >= 0.6 is 0 Å². The second-order valence-electron chi connectivity index (χ2n) is 5.85. The molecule has 0 aliphatic carbocycles. The molecule has 1 atom stereocenters. The molecule has 1 spiro atoms. The number of hydrogen-bond acceptors (Lipinski definition) is 4. The van der Waals surface area contributed by atoms with Crippen molar-refractivity contribution in [3.05, 3.63) is 54.0 Å². The molecule has 1 aromatic carbocycles. The van der Waals surface area contributed by atoms with Crippen LogP contribution in [0.15, 0.2) is 47.1 Å². The molecule has 2 aromatic rings. The summed E-state index contributed by atoms with van der Waals surface area (Å²) >= 11 is 0. The Morgan fingerprint density at radius 2 is 2.09 bits per heavy atom. The predicted molar refractivity (Wildman–Crippen MR) is 81.1 cm³/mol. The molecule has 3 heterocycles. The predicted octanol–water partition coefficient (Wildman–Crippen LogP) is 2.03. The number of nitrogens with one attached hydrogen (secondary N) is 1. The van der Waals surface area contributed by atoms with Crippen LogP contribution in [0.1, 0.15) is 33.8 Å². The van der Waals surface area contributed by atoms with Gasteiger partial charge in [0.05, 0.1) is 18.4 Å². The summed E-state index contributed by atoms with van der Waals surface area (Å²) in [6, 6.07) is 10.5. The highest BCUT2D eigenvalue weighted by molar-refractivity contribution is 5.98. The van der Waals surface area contributed by atoms with Gasteiger partial charge in [0, 0.05) is 13.0 Å². The molecule has 1 aromatic heterocycles. The summed E-state index contributed by atoms with van der Waals surface area (Å²) < 4.78 is 11.3. The van der Waals surface area contributed by atoms with Gasteiger partial charge in [0.2, 0.25) is 5.72 Å². The summed E-state index contributed by atoms with van der Waals surface area (Å²) in [5.74, 6) is 0.498. The number of piperidine rings is 1. The van der Waals surface area contributed by atoms with E-state index >= 15 is 0 Å². The van der Waals surface area contributed by atoms with Crippen LogP contribution in [0.4, 0.5) is 0 Å². The third kappa shape index (κ3) is 2.36. The van der Waals surface area contributed by atoms with E-state index in [4.69, 9.17) is 9.15 Å². The van der Waals surface area contributed by atoms with Crippen LogP contribution in [0.3, 0.4) is 0 Å². The number of carbonyl (C=O) groups is 2. The maximum atomic E-state index is 12.5. The smallest absolute Gasteiger partial charge is 0.289 e. The molecular weight excluding hydrogens is 296 g/mol. The number of amides is 2. The normalized spacial score (nSPS) is 23.1. The first kappa shape index (κ1) is 13.9. The molecule has 23 heavy (non-hydrogen) atoms. The van der Waals surface area contributed by atoms with Crippen molar-refractivity contribution in [1.82, 2.24) is 10.2 Å². The van der Waals surface area contributed by atoms with Crippen LogP contribution in [0.5, 0.6) is 5.75 Å². The lowest BCUT2D eigenvalue weighted by molar-refractivity contribution is -0.0320. The Morgan fingerprint density at radius 3 is 2.91 bits per heavy atom. The van der Waals surface area contributed by atoms with Crippen LogP contribution in [0, 0.1) is 0 Å². The van der Waals surface area contributed by atoms with Gasteiger partial charge in [-0.05, 0) is 30.7 Å². The lowest BCUT2D eigenvalue weighted by Crippen LogP contribution is -2.64. The number of benzene rings is 1. The minimum Gasteiger partial charge on any atom is -0.465 e. The van der Waals surface area contributed by atoms with Crippen LogP contribution in [0.25, 0.3) is 0 Å². The molecule has 2 aliphatic heterocycles. The molecule has 6 heteroatoms. The zero-order valence-electron chi connectivity index (χ0n) is 12.5. The van der Waals surface area contributed by atoms with Crippen LogP contribution < -0.4 is 10.1 Å². The number of carbonyl (C=O) groups excluding carboxylic acids is 2. The van der Waals surface area contributed by atoms with Crippen molar-refractivity contribution in [2.24, 2.45) is 0 Å². The lowest BCUT2D eigenvalue weighted by atomic mass is 9.97. The van der Waals surface area contributed by atoms with E-state index in [0.717, 1.165) is 6.42 Å². The quantitative estimate of drug-likeness (QED) is 0.874. The molecule has 2 amide bonds. The molecule has 2 aliphatic rings. The molecular formula is C17H16N2O4. The Hall–Kier alpha value is -2.76. The van der Waals surface area contributed by atoms with E-state index < -0.39 is 5.72 Å². The maximum Gasteiger partial charge on any atom is 0.289 e. The van der Waals surface area contributed by atoms with Crippen molar-refractivity contribution in [1.29, 1.82) is 0 Å². The average molecular weight is 312 g/mol. The van der Waals surface area contributed by atoms with E-state index in [1.807, 2.05) is 6.07 Å². The number of hydrogen-bond donors (Lipinski definition) is 1.